The zero-order valence-electron chi connectivity index (χ0n) is 11.4. The van der Waals surface area contributed by atoms with Crippen molar-refractivity contribution in [2.75, 3.05) is 11.5 Å². The first kappa shape index (κ1) is 16.8. The Morgan fingerprint density at radius 3 is 2.32 bits per heavy atom. The molecule has 0 aromatic carbocycles. The van der Waals surface area contributed by atoms with Crippen molar-refractivity contribution in [3.05, 3.63) is 0 Å². The van der Waals surface area contributed by atoms with Gasteiger partial charge in [-0.05, 0) is 32.4 Å². The number of unbranched alkanes of at least 4 members (excludes halogenated alkanes) is 3. The lowest BCUT2D eigenvalue weighted by Gasteiger charge is -2.04. The lowest BCUT2D eigenvalue weighted by Crippen LogP contribution is -2.24. The van der Waals surface area contributed by atoms with Crippen LogP contribution in [-0.2, 0) is 9.53 Å². The molecule has 0 aromatic heterocycles. The SMILES string of the molecule is CC1(C)OC1CCCCCCSCC(=O)C(F)(F)F. The van der Waals surface area contributed by atoms with Crippen molar-refractivity contribution in [1.29, 1.82) is 0 Å². The molecule has 0 N–H and O–H groups in total. The highest BCUT2D eigenvalue weighted by atomic mass is 32.2. The smallest absolute Gasteiger partial charge is 0.367 e. The molecule has 0 bridgehead atoms. The minimum absolute atomic E-state index is 0.0494. The van der Waals surface area contributed by atoms with E-state index in [0.717, 1.165) is 43.9 Å². The molecule has 19 heavy (non-hydrogen) atoms. The third kappa shape index (κ3) is 6.65. The van der Waals surface area contributed by atoms with E-state index in [1.54, 1.807) is 0 Å². The average Bonchev–Trinajstić information content (AvgIpc) is 2.88. The first-order valence-electron chi connectivity index (χ1n) is 6.59. The van der Waals surface area contributed by atoms with Crippen LogP contribution in [-0.4, -0.2) is 35.2 Å². The molecule has 1 rings (SSSR count). The van der Waals surface area contributed by atoms with E-state index in [4.69, 9.17) is 4.74 Å². The van der Waals surface area contributed by atoms with Gasteiger partial charge in [0.25, 0.3) is 0 Å². The zero-order valence-corrected chi connectivity index (χ0v) is 12.2. The van der Waals surface area contributed by atoms with Gasteiger partial charge in [-0.25, -0.2) is 0 Å². The maximum Gasteiger partial charge on any atom is 0.450 e. The van der Waals surface area contributed by atoms with Gasteiger partial charge in [-0.3, -0.25) is 4.79 Å². The van der Waals surface area contributed by atoms with Crippen LogP contribution in [0.2, 0.25) is 0 Å². The van der Waals surface area contributed by atoms with Gasteiger partial charge in [0.1, 0.15) is 0 Å². The number of carbonyl (C=O) groups is 1. The van der Waals surface area contributed by atoms with Gasteiger partial charge in [0.05, 0.1) is 17.5 Å². The number of hydrogen-bond acceptors (Lipinski definition) is 3. The number of alkyl halides is 3. The first-order chi connectivity index (χ1) is 8.73. The van der Waals surface area contributed by atoms with Crippen molar-refractivity contribution in [3.8, 4) is 0 Å². The molecule has 0 saturated carbocycles. The minimum Gasteiger partial charge on any atom is -0.367 e. The number of hydrogen-bond donors (Lipinski definition) is 0. The van der Waals surface area contributed by atoms with Gasteiger partial charge in [-0.2, -0.15) is 24.9 Å². The van der Waals surface area contributed by atoms with Crippen molar-refractivity contribution >= 4 is 17.5 Å². The molecular formula is C13H21F3O2S. The van der Waals surface area contributed by atoms with Crippen molar-refractivity contribution in [2.24, 2.45) is 0 Å². The Morgan fingerprint density at radius 2 is 1.79 bits per heavy atom. The second kappa shape index (κ2) is 6.97. The van der Waals surface area contributed by atoms with Gasteiger partial charge in [-0.15, -0.1) is 0 Å². The zero-order chi connectivity index (χ0) is 14.5. The molecular weight excluding hydrogens is 277 g/mol. The van der Waals surface area contributed by atoms with Crippen LogP contribution in [0, 0.1) is 0 Å². The molecule has 0 amide bonds. The second-order valence-corrected chi connectivity index (χ2v) is 6.49. The lowest BCUT2D eigenvalue weighted by molar-refractivity contribution is -0.167. The highest BCUT2D eigenvalue weighted by Crippen LogP contribution is 2.38. The predicted molar refractivity (Wildman–Crippen MR) is 70.4 cm³/mol. The summed E-state index contributed by atoms with van der Waals surface area (Å²) in [6.07, 6.45) is 0.803. The number of thioether (sulfide) groups is 1. The Kier molecular flexibility index (Phi) is 6.17. The molecule has 1 atom stereocenters. The molecule has 1 aliphatic heterocycles. The Balaban J connectivity index is 1.85. The van der Waals surface area contributed by atoms with E-state index in [-0.39, 0.29) is 5.60 Å². The molecule has 0 aliphatic carbocycles. The van der Waals surface area contributed by atoms with Gasteiger partial charge in [0.2, 0.25) is 5.78 Å². The molecule has 0 spiro atoms. The molecule has 112 valence electrons. The fourth-order valence-corrected chi connectivity index (χ4v) is 2.77. The standard InChI is InChI=1S/C13H21F3O2S/c1-12(2)11(18-12)7-5-3-4-6-8-19-9-10(17)13(14,15)16/h11H,3-9H2,1-2H3. The van der Waals surface area contributed by atoms with Gasteiger partial charge in [0, 0.05) is 0 Å². The summed E-state index contributed by atoms with van der Waals surface area (Å²) in [6.45, 7) is 4.15. The third-order valence-electron chi connectivity index (χ3n) is 3.22. The molecule has 0 radical (unpaired) electrons. The summed E-state index contributed by atoms with van der Waals surface area (Å²) < 4.78 is 41.1. The van der Waals surface area contributed by atoms with E-state index < -0.39 is 17.7 Å². The summed E-state index contributed by atoms with van der Waals surface area (Å²) in [7, 11) is 0. The summed E-state index contributed by atoms with van der Waals surface area (Å²) >= 11 is 1.07. The van der Waals surface area contributed by atoms with Crippen LogP contribution in [0.15, 0.2) is 0 Å². The van der Waals surface area contributed by atoms with E-state index in [9.17, 15) is 18.0 Å². The van der Waals surface area contributed by atoms with Gasteiger partial charge < -0.3 is 4.74 Å². The maximum atomic E-state index is 11.9. The van der Waals surface area contributed by atoms with Gasteiger partial charge in [0.15, 0.2) is 0 Å². The summed E-state index contributed by atoms with van der Waals surface area (Å²) in [5.74, 6) is -1.47. The van der Waals surface area contributed by atoms with Crippen LogP contribution in [0.3, 0.4) is 0 Å². The first-order valence-corrected chi connectivity index (χ1v) is 7.74. The Hall–Kier alpha value is -0.230. The van der Waals surface area contributed by atoms with E-state index in [2.05, 4.69) is 13.8 Å². The molecule has 0 aromatic rings. The molecule has 1 saturated heterocycles. The van der Waals surface area contributed by atoms with Crippen LogP contribution in [0.25, 0.3) is 0 Å². The second-order valence-electron chi connectivity index (χ2n) is 5.39. The van der Waals surface area contributed by atoms with E-state index in [1.165, 1.54) is 0 Å². The number of Topliss-reactive ketones (excluding diaryl/α,β-unsaturated/α-hetero) is 1. The van der Waals surface area contributed by atoms with Crippen LogP contribution < -0.4 is 0 Å². The van der Waals surface area contributed by atoms with Crippen LogP contribution >= 0.6 is 11.8 Å². The van der Waals surface area contributed by atoms with Crippen LogP contribution in [0.1, 0.15) is 46.0 Å². The molecule has 1 unspecified atom stereocenters. The molecule has 1 fully saturated rings. The Labute approximate surface area is 116 Å². The van der Waals surface area contributed by atoms with E-state index in [0.29, 0.717) is 11.9 Å². The van der Waals surface area contributed by atoms with Crippen molar-refractivity contribution in [2.45, 2.75) is 63.8 Å². The number of rotatable bonds is 9. The largest absolute Gasteiger partial charge is 0.450 e. The monoisotopic (exact) mass is 298 g/mol. The van der Waals surface area contributed by atoms with E-state index >= 15 is 0 Å². The number of ketones is 1. The summed E-state index contributed by atoms with van der Waals surface area (Å²) in [4.78, 5) is 10.6. The Bertz CT molecular complexity index is 303. The molecule has 1 heterocycles. The summed E-state index contributed by atoms with van der Waals surface area (Å²) in [5, 5.41) is 0. The number of halogens is 3. The van der Waals surface area contributed by atoms with E-state index in [1.807, 2.05) is 0 Å². The highest BCUT2D eigenvalue weighted by molar-refractivity contribution is 7.99. The predicted octanol–water partition coefficient (Wildman–Crippen LogP) is 3.98. The fraction of sp³-hybridized carbons (Fsp3) is 0.923. The van der Waals surface area contributed by atoms with Crippen LogP contribution in [0.5, 0.6) is 0 Å². The van der Waals surface area contributed by atoms with Gasteiger partial charge >= 0.3 is 6.18 Å². The molecule has 2 nitrogen and oxygen atoms in total. The number of carbonyl (C=O) groups excluding carboxylic acids is 1. The number of ether oxygens (including phenoxy) is 1. The van der Waals surface area contributed by atoms with Gasteiger partial charge in [-0.1, -0.05) is 19.3 Å². The quantitative estimate of drug-likeness (QED) is 0.476. The summed E-state index contributed by atoms with van der Waals surface area (Å²) in [6, 6.07) is 0. The highest BCUT2D eigenvalue weighted by Gasteiger charge is 2.46. The third-order valence-corrected chi connectivity index (χ3v) is 4.26. The summed E-state index contributed by atoms with van der Waals surface area (Å²) in [5.41, 5.74) is 0.0494. The topological polar surface area (TPSA) is 29.6 Å². The fourth-order valence-electron chi connectivity index (χ4n) is 1.87. The molecule has 1 aliphatic rings. The average molecular weight is 298 g/mol. The maximum absolute atomic E-state index is 11.9. The Morgan fingerprint density at radius 1 is 1.21 bits per heavy atom. The molecule has 6 heteroatoms. The lowest BCUT2D eigenvalue weighted by atomic mass is 10.0. The van der Waals surface area contributed by atoms with Crippen molar-refractivity contribution < 1.29 is 22.7 Å². The normalized spacial score (nSPS) is 21.4. The van der Waals surface area contributed by atoms with Crippen LogP contribution in [0.4, 0.5) is 13.2 Å². The minimum atomic E-state index is -4.68. The number of epoxide rings is 1. The van der Waals surface area contributed by atoms with Crippen molar-refractivity contribution in [3.63, 3.8) is 0 Å². The van der Waals surface area contributed by atoms with Crippen molar-refractivity contribution in [1.82, 2.24) is 0 Å².